The zero-order valence-corrected chi connectivity index (χ0v) is 20.7. The van der Waals surface area contributed by atoms with Crippen LogP contribution in [0.4, 0.5) is 5.69 Å². The van der Waals surface area contributed by atoms with Crippen LogP contribution in [-0.4, -0.2) is 28.2 Å². The molecule has 0 spiro atoms. The summed E-state index contributed by atoms with van der Waals surface area (Å²) in [6.45, 7) is 5.36. The molecule has 34 heavy (non-hydrogen) atoms. The lowest BCUT2D eigenvalue weighted by atomic mass is 9.99. The van der Waals surface area contributed by atoms with Crippen molar-refractivity contribution >= 4 is 28.8 Å². The number of carbonyl (C=O) groups excluding carboxylic acids is 2. The van der Waals surface area contributed by atoms with E-state index in [4.69, 9.17) is 5.73 Å². The number of aryl methyl sites for hydroxylation is 2. The fraction of sp³-hybridized carbons (Fsp3) is 0.370. The maximum absolute atomic E-state index is 12.8. The zero-order chi connectivity index (χ0) is 24.1. The van der Waals surface area contributed by atoms with Gasteiger partial charge in [-0.15, -0.1) is 11.3 Å². The van der Waals surface area contributed by atoms with Gasteiger partial charge in [-0.25, -0.2) is 4.98 Å². The van der Waals surface area contributed by atoms with Gasteiger partial charge in [-0.05, 0) is 61.1 Å². The van der Waals surface area contributed by atoms with Crippen molar-refractivity contribution in [1.82, 2.24) is 15.2 Å². The summed E-state index contributed by atoms with van der Waals surface area (Å²) in [6, 6.07) is 14.1. The molecule has 0 radical (unpaired) electrons. The van der Waals surface area contributed by atoms with Gasteiger partial charge in [-0.2, -0.15) is 0 Å². The number of nitrogen functional groups attached to an aromatic ring is 1. The van der Waals surface area contributed by atoms with Gasteiger partial charge in [0.1, 0.15) is 5.01 Å². The van der Waals surface area contributed by atoms with E-state index >= 15 is 0 Å². The van der Waals surface area contributed by atoms with Crippen molar-refractivity contribution in [2.75, 3.05) is 12.3 Å². The van der Waals surface area contributed by atoms with Crippen LogP contribution in [0.2, 0.25) is 0 Å². The zero-order valence-electron chi connectivity index (χ0n) is 19.8. The third kappa shape index (κ3) is 5.83. The van der Waals surface area contributed by atoms with Gasteiger partial charge < -0.3 is 16.0 Å². The van der Waals surface area contributed by atoms with Crippen molar-refractivity contribution in [2.45, 2.75) is 58.5 Å². The number of rotatable bonds is 8. The third-order valence-corrected chi connectivity index (χ3v) is 7.37. The fourth-order valence-electron chi connectivity index (χ4n) is 4.62. The van der Waals surface area contributed by atoms with E-state index < -0.39 is 0 Å². The van der Waals surface area contributed by atoms with Gasteiger partial charge in [0.2, 0.25) is 11.8 Å². The largest absolute Gasteiger partial charge is 0.399 e. The molecule has 0 saturated carbocycles. The lowest BCUT2D eigenvalue weighted by Gasteiger charge is -2.25. The minimum absolute atomic E-state index is 0.0187. The average molecular weight is 477 g/mol. The van der Waals surface area contributed by atoms with E-state index in [2.05, 4.69) is 47.7 Å². The minimum Gasteiger partial charge on any atom is -0.399 e. The first-order valence-corrected chi connectivity index (χ1v) is 12.7. The summed E-state index contributed by atoms with van der Waals surface area (Å²) in [5.41, 5.74) is 12.5. The number of nitrogens with one attached hydrogen (secondary N) is 1. The van der Waals surface area contributed by atoms with Crippen molar-refractivity contribution in [3.63, 3.8) is 0 Å². The summed E-state index contributed by atoms with van der Waals surface area (Å²) in [5.74, 6) is -0.107. The molecular weight excluding hydrogens is 444 g/mol. The van der Waals surface area contributed by atoms with Crippen LogP contribution in [0.25, 0.3) is 0 Å². The minimum atomic E-state index is -0.125. The lowest BCUT2D eigenvalue weighted by molar-refractivity contribution is -0.134. The van der Waals surface area contributed by atoms with Crippen molar-refractivity contribution in [2.24, 2.45) is 0 Å². The predicted octanol–water partition coefficient (Wildman–Crippen LogP) is 4.69. The molecule has 1 atom stereocenters. The summed E-state index contributed by atoms with van der Waals surface area (Å²) >= 11 is 1.56. The first kappa shape index (κ1) is 24.0. The molecule has 2 amide bonds. The Hall–Kier alpha value is -3.19. The number of nitrogens with zero attached hydrogens (tertiary/aromatic N) is 2. The van der Waals surface area contributed by atoms with Gasteiger partial charge in [-0.3, -0.25) is 9.59 Å². The second kappa shape index (κ2) is 10.8. The van der Waals surface area contributed by atoms with E-state index in [-0.39, 0.29) is 30.7 Å². The topological polar surface area (TPSA) is 88.3 Å². The van der Waals surface area contributed by atoms with E-state index in [1.807, 2.05) is 29.2 Å². The van der Waals surface area contributed by atoms with Crippen LogP contribution in [-0.2, 0) is 22.6 Å². The molecular formula is C27H32N4O2S. The molecule has 2 heterocycles. The maximum Gasteiger partial charge on any atom is 0.223 e. The highest BCUT2D eigenvalue weighted by molar-refractivity contribution is 7.09. The van der Waals surface area contributed by atoms with Crippen molar-refractivity contribution in [1.29, 1.82) is 0 Å². The van der Waals surface area contributed by atoms with Crippen LogP contribution < -0.4 is 11.1 Å². The molecule has 3 aromatic rings. The lowest BCUT2D eigenvalue weighted by Crippen LogP contribution is -2.32. The summed E-state index contributed by atoms with van der Waals surface area (Å²) in [5, 5.41) is 5.85. The molecule has 0 bridgehead atoms. The number of likely N-dealkylation sites (tertiary alicyclic amines) is 1. The molecule has 1 saturated heterocycles. The van der Waals surface area contributed by atoms with E-state index in [9.17, 15) is 9.59 Å². The van der Waals surface area contributed by atoms with Gasteiger partial charge >= 0.3 is 0 Å². The molecule has 178 valence electrons. The molecule has 1 aliphatic rings. The number of aromatic nitrogens is 1. The summed E-state index contributed by atoms with van der Waals surface area (Å²) < 4.78 is 0. The quantitative estimate of drug-likeness (QED) is 0.462. The van der Waals surface area contributed by atoms with Crippen molar-refractivity contribution in [3.05, 3.63) is 80.8 Å². The number of carbonyl (C=O) groups is 2. The molecule has 3 N–H and O–H groups in total. The molecule has 4 rings (SSSR count). The Balaban J connectivity index is 1.25. The SMILES string of the molecule is Cc1cccc(C)c1Cc1csc(CNC(=O)CCC(=O)N2CCCC2c2cccc(N)c2)n1. The molecule has 2 aromatic carbocycles. The number of hydrogen-bond donors (Lipinski definition) is 2. The van der Waals surface area contributed by atoms with Gasteiger partial charge in [0.05, 0.1) is 18.3 Å². The smallest absolute Gasteiger partial charge is 0.223 e. The average Bonchev–Trinajstić information content (AvgIpc) is 3.48. The van der Waals surface area contributed by atoms with Crippen molar-refractivity contribution < 1.29 is 9.59 Å². The Morgan fingerprint density at radius 1 is 1.15 bits per heavy atom. The number of benzene rings is 2. The monoisotopic (exact) mass is 476 g/mol. The second-order valence-electron chi connectivity index (χ2n) is 8.97. The second-order valence-corrected chi connectivity index (χ2v) is 9.91. The van der Waals surface area contributed by atoms with Gasteiger partial charge in [-0.1, -0.05) is 30.3 Å². The number of thiazole rings is 1. The van der Waals surface area contributed by atoms with Crippen LogP contribution >= 0.6 is 11.3 Å². The molecule has 6 nitrogen and oxygen atoms in total. The number of hydrogen-bond acceptors (Lipinski definition) is 5. The number of anilines is 1. The van der Waals surface area contributed by atoms with Crippen molar-refractivity contribution in [3.8, 4) is 0 Å². The Bertz CT molecular complexity index is 1150. The highest BCUT2D eigenvalue weighted by Gasteiger charge is 2.29. The number of nitrogens with two attached hydrogens (primary N) is 1. The van der Waals surface area contributed by atoms with E-state index in [0.717, 1.165) is 42.1 Å². The molecule has 0 aliphatic carbocycles. The molecule has 1 fully saturated rings. The Morgan fingerprint density at radius 2 is 1.91 bits per heavy atom. The van der Waals surface area contributed by atoms with Gasteiger partial charge in [0.25, 0.3) is 0 Å². The van der Waals surface area contributed by atoms with Gasteiger partial charge in [0.15, 0.2) is 0 Å². The first-order chi connectivity index (χ1) is 16.4. The van der Waals surface area contributed by atoms with Crippen LogP contribution in [0.5, 0.6) is 0 Å². The molecule has 1 unspecified atom stereocenters. The van der Waals surface area contributed by atoms with Crippen LogP contribution in [0.1, 0.15) is 64.7 Å². The van der Waals surface area contributed by atoms with Crippen LogP contribution in [0, 0.1) is 13.8 Å². The highest BCUT2D eigenvalue weighted by Crippen LogP contribution is 2.33. The normalized spacial score (nSPS) is 15.5. The predicted molar refractivity (Wildman–Crippen MR) is 136 cm³/mol. The van der Waals surface area contributed by atoms with Gasteiger partial charge in [0, 0.05) is 36.9 Å². The summed E-state index contributed by atoms with van der Waals surface area (Å²) in [6.07, 6.45) is 3.07. The van der Waals surface area contributed by atoms with E-state index in [1.165, 1.54) is 16.7 Å². The molecule has 7 heteroatoms. The van der Waals surface area contributed by atoms with Crippen LogP contribution in [0.15, 0.2) is 47.8 Å². The summed E-state index contributed by atoms with van der Waals surface area (Å²) in [4.78, 5) is 31.8. The first-order valence-electron chi connectivity index (χ1n) is 11.8. The Morgan fingerprint density at radius 3 is 2.68 bits per heavy atom. The number of amides is 2. The van der Waals surface area contributed by atoms with E-state index in [1.54, 1.807) is 11.3 Å². The fourth-order valence-corrected chi connectivity index (χ4v) is 5.36. The molecule has 1 aliphatic heterocycles. The standard InChI is InChI=1S/C27H32N4O2S/c1-18-6-3-7-19(2)23(18)15-22-17-34-26(30-22)16-29-25(32)11-12-27(33)31-13-5-10-24(31)20-8-4-9-21(28)14-20/h3-4,6-9,14,17,24H,5,10-13,15-16,28H2,1-2H3,(H,29,32). The molecule has 1 aromatic heterocycles. The third-order valence-electron chi connectivity index (χ3n) is 6.47. The highest BCUT2D eigenvalue weighted by atomic mass is 32.1. The summed E-state index contributed by atoms with van der Waals surface area (Å²) in [7, 11) is 0. The maximum atomic E-state index is 12.8. The van der Waals surface area contributed by atoms with Crippen LogP contribution in [0.3, 0.4) is 0 Å². The Kier molecular flexibility index (Phi) is 7.63. The Labute approximate surface area is 205 Å². The van der Waals surface area contributed by atoms with E-state index in [0.29, 0.717) is 12.2 Å².